The summed E-state index contributed by atoms with van der Waals surface area (Å²) in [5.41, 5.74) is 2.14. The first kappa shape index (κ1) is 27.2. The molecule has 2 aromatic rings. The molecule has 0 saturated carbocycles. The molecular weight excluding hydrogens is 454 g/mol. The lowest BCUT2D eigenvalue weighted by atomic mass is 10.1. The van der Waals surface area contributed by atoms with E-state index in [1.165, 1.54) is 4.90 Å². The maximum atomic E-state index is 13.6. The molecule has 1 N–H and O–H groups in total. The number of rotatable bonds is 12. The monoisotopic (exact) mass is 489 g/mol. The first-order valence-electron chi connectivity index (χ1n) is 11.3. The normalized spacial score (nSPS) is 12.0. The van der Waals surface area contributed by atoms with Crippen LogP contribution in [0.4, 0.5) is 5.69 Å². The van der Waals surface area contributed by atoms with Crippen LogP contribution in [0, 0.1) is 6.92 Å². The van der Waals surface area contributed by atoms with Gasteiger partial charge >= 0.3 is 0 Å². The minimum Gasteiger partial charge on any atom is -0.497 e. The minimum absolute atomic E-state index is 0.138. The van der Waals surface area contributed by atoms with Crippen LogP contribution in [0.2, 0.25) is 0 Å². The molecule has 0 saturated heterocycles. The Kier molecular flexibility index (Phi) is 9.92. The molecule has 2 amide bonds. The Morgan fingerprint density at radius 3 is 2.32 bits per heavy atom. The summed E-state index contributed by atoms with van der Waals surface area (Å²) >= 11 is 0. The zero-order chi connectivity index (χ0) is 25.3. The van der Waals surface area contributed by atoms with Gasteiger partial charge in [-0.15, -0.1) is 0 Å². The van der Waals surface area contributed by atoms with Gasteiger partial charge in [0.2, 0.25) is 21.8 Å². The third kappa shape index (κ3) is 7.48. The van der Waals surface area contributed by atoms with E-state index in [0.29, 0.717) is 24.4 Å². The Morgan fingerprint density at radius 1 is 1.09 bits per heavy atom. The number of ether oxygens (including phenoxy) is 1. The smallest absolute Gasteiger partial charge is 0.244 e. The number of sulfonamides is 1. The summed E-state index contributed by atoms with van der Waals surface area (Å²) in [4.78, 5) is 28.0. The van der Waals surface area contributed by atoms with E-state index in [4.69, 9.17) is 4.74 Å². The Labute approximate surface area is 202 Å². The zero-order valence-corrected chi connectivity index (χ0v) is 21.4. The van der Waals surface area contributed by atoms with Crippen LogP contribution >= 0.6 is 0 Å². The number of carbonyl (C=O) groups is 2. The molecule has 0 radical (unpaired) electrons. The average molecular weight is 490 g/mol. The van der Waals surface area contributed by atoms with Crippen LogP contribution in [-0.2, 0) is 26.2 Å². The lowest BCUT2D eigenvalue weighted by Gasteiger charge is -2.33. The standard InChI is InChI=1S/C25H35N3O5S/c1-6-15-26-25(30)23(7-2)27(17-20-9-8-10-22(16-20)33-4)24(29)18-28(34(5,31)32)21-13-11-19(3)12-14-21/h8-14,16,23H,6-7,15,17-18H2,1-5H3,(H,26,30)/t23-/m0/s1. The molecule has 8 nitrogen and oxygen atoms in total. The van der Waals surface area contributed by atoms with E-state index in [0.717, 1.165) is 28.1 Å². The summed E-state index contributed by atoms with van der Waals surface area (Å²) in [5.74, 6) is -0.0973. The molecule has 34 heavy (non-hydrogen) atoms. The van der Waals surface area contributed by atoms with Gasteiger partial charge in [-0.25, -0.2) is 8.42 Å². The van der Waals surface area contributed by atoms with Crippen molar-refractivity contribution >= 4 is 27.5 Å². The predicted molar refractivity (Wildman–Crippen MR) is 134 cm³/mol. The van der Waals surface area contributed by atoms with Crippen molar-refractivity contribution < 1.29 is 22.7 Å². The van der Waals surface area contributed by atoms with Gasteiger partial charge in [-0.05, 0) is 49.6 Å². The van der Waals surface area contributed by atoms with Crippen molar-refractivity contribution in [3.63, 3.8) is 0 Å². The summed E-state index contributed by atoms with van der Waals surface area (Å²) in [6, 6.07) is 13.4. The van der Waals surface area contributed by atoms with Gasteiger partial charge in [0, 0.05) is 13.1 Å². The molecule has 0 aromatic heterocycles. The van der Waals surface area contributed by atoms with E-state index < -0.39 is 28.5 Å². The lowest BCUT2D eigenvalue weighted by molar-refractivity contribution is -0.140. The quantitative estimate of drug-likeness (QED) is 0.494. The highest BCUT2D eigenvalue weighted by Crippen LogP contribution is 2.21. The highest BCUT2D eigenvalue weighted by molar-refractivity contribution is 7.92. The van der Waals surface area contributed by atoms with E-state index in [-0.39, 0.29) is 12.5 Å². The molecule has 0 fully saturated rings. The van der Waals surface area contributed by atoms with E-state index in [1.54, 1.807) is 43.5 Å². The molecule has 0 aliphatic rings. The molecule has 9 heteroatoms. The molecular formula is C25H35N3O5S. The van der Waals surface area contributed by atoms with Crippen molar-refractivity contribution in [3.05, 3.63) is 59.7 Å². The van der Waals surface area contributed by atoms with Crippen LogP contribution in [0.1, 0.15) is 37.8 Å². The first-order valence-corrected chi connectivity index (χ1v) is 13.2. The maximum absolute atomic E-state index is 13.6. The number of aryl methyl sites for hydroxylation is 1. The Balaban J connectivity index is 2.42. The van der Waals surface area contributed by atoms with Gasteiger partial charge in [-0.3, -0.25) is 13.9 Å². The van der Waals surface area contributed by atoms with Crippen molar-refractivity contribution in [2.45, 2.75) is 46.2 Å². The Morgan fingerprint density at radius 2 is 1.76 bits per heavy atom. The minimum atomic E-state index is -3.74. The SMILES string of the molecule is CCCNC(=O)[C@H](CC)N(Cc1cccc(OC)c1)C(=O)CN(c1ccc(C)cc1)S(C)(=O)=O. The number of methoxy groups -OCH3 is 1. The maximum Gasteiger partial charge on any atom is 0.244 e. The van der Waals surface area contributed by atoms with Crippen LogP contribution < -0.4 is 14.4 Å². The van der Waals surface area contributed by atoms with Gasteiger partial charge in [0.15, 0.2) is 0 Å². The highest BCUT2D eigenvalue weighted by atomic mass is 32.2. The van der Waals surface area contributed by atoms with Crippen LogP contribution in [0.3, 0.4) is 0 Å². The van der Waals surface area contributed by atoms with E-state index in [1.807, 2.05) is 32.9 Å². The highest BCUT2D eigenvalue weighted by Gasteiger charge is 2.31. The lowest BCUT2D eigenvalue weighted by Crippen LogP contribution is -2.52. The van der Waals surface area contributed by atoms with Gasteiger partial charge in [0.25, 0.3) is 0 Å². The van der Waals surface area contributed by atoms with Crippen LogP contribution in [0.5, 0.6) is 5.75 Å². The molecule has 0 heterocycles. The number of hydrogen-bond donors (Lipinski definition) is 1. The largest absolute Gasteiger partial charge is 0.497 e. The van der Waals surface area contributed by atoms with Crippen LogP contribution in [0.25, 0.3) is 0 Å². The van der Waals surface area contributed by atoms with Gasteiger partial charge in [0.1, 0.15) is 18.3 Å². The fraction of sp³-hybridized carbons (Fsp3) is 0.440. The number of anilines is 1. The fourth-order valence-electron chi connectivity index (χ4n) is 3.58. The summed E-state index contributed by atoms with van der Waals surface area (Å²) < 4.78 is 31.5. The Hall–Kier alpha value is -3.07. The molecule has 0 unspecified atom stereocenters. The zero-order valence-electron chi connectivity index (χ0n) is 20.6. The van der Waals surface area contributed by atoms with Crippen molar-refractivity contribution in [3.8, 4) is 5.75 Å². The van der Waals surface area contributed by atoms with Gasteiger partial charge in [-0.2, -0.15) is 0 Å². The second kappa shape index (κ2) is 12.4. The number of benzene rings is 2. The number of amides is 2. The van der Waals surface area contributed by atoms with Gasteiger partial charge in [0.05, 0.1) is 19.1 Å². The summed E-state index contributed by atoms with van der Waals surface area (Å²) in [7, 11) is -2.19. The first-order chi connectivity index (χ1) is 16.1. The summed E-state index contributed by atoms with van der Waals surface area (Å²) in [6.07, 6.45) is 2.22. The predicted octanol–water partition coefficient (Wildman–Crippen LogP) is 3.10. The molecule has 0 aliphatic heterocycles. The second-order valence-electron chi connectivity index (χ2n) is 8.19. The number of hydrogen-bond acceptors (Lipinski definition) is 5. The Bertz CT molecular complexity index is 1070. The molecule has 1 atom stereocenters. The molecule has 0 bridgehead atoms. The molecule has 0 aliphatic carbocycles. The number of nitrogens with zero attached hydrogens (tertiary/aromatic N) is 2. The van der Waals surface area contributed by atoms with Crippen molar-refractivity contribution in [2.75, 3.05) is 30.8 Å². The number of carbonyl (C=O) groups excluding carboxylic acids is 2. The van der Waals surface area contributed by atoms with Gasteiger partial charge < -0.3 is 15.0 Å². The van der Waals surface area contributed by atoms with Gasteiger partial charge in [-0.1, -0.05) is 43.7 Å². The van der Waals surface area contributed by atoms with Crippen LogP contribution in [-0.4, -0.2) is 57.6 Å². The third-order valence-corrected chi connectivity index (χ3v) is 6.56. The van der Waals surface area contributed by atoms with Crippen molar-refractivity contribution in [1.29, 1.82) is 0 Å². The van der Waals surface area contributed by atoms with Crippen molar-refractivity contribution in [2.24, 2.45) is 0 Å². The van der Waals surface area contributed by atoms with E-state index in [2.05, 4.69) is 5.32 Å². The van der Waals surface area contributed by atoms with Crippen molar-refractivity contribution in [1.82, 2.24) is 10.2 Å². The number of nitrogens with one attached hydrogen (secondary N) is 1. The molecule has 2 aromatic carbocycles. The fourth-order valence-corrected chi connectivity index (χ4v) is 4.43. The average Bonchev–Trinajstić information content (AvgIpc) is 2.81. The van der Waals surface area contributed by atoms with E-state index >= 15 is 0 Å². The third-order valence-electron chi connectivity index (χ3n) is 5.42. The topological polar surface area (TPSA) is 96.0 Å². The molecule has 2 rings (SSSR count). The molecule has 186 valence electrons. The summed E-state index contributed by atoms with van der Waals surface area (Å²) in [6.45, 7) is 5.90. The summed E-state index contributed by atoms with van der Waals surface area (Å²) in [5, 5.41) is 2.86. The van der Waals surface area contributed by atoms with E-state index in [9.17, 15) is 18.0 Å². The second-order valence-corrected chi connectivity index (χ2v) is 10.1. The van der Waals surface area contributed by atoms with Crippen LogP contribution in [0.15, 0.2) is 48.5 Å². The molecule has 0 spiro atoms.